The molecule has 1 saturated heterocycles. The Hall–Kier alpha value is -1.81. The highest BCUT2D eigenvalue weighted by Crippen LogP contribution is 2.14. The molecule has 27 heavy (non-hydrogen) atoms. The number of aliphatic imine (C=N–C) groups is 1. The number of likely N-dealkylation sites (N-methyl/N-ethyl adjacent to an activating group) is 1. The second kappa shape index (κ2) is 11.1. The minimum absolute atomic E-state index is 0. The SMILES string of the molecule is CN=C(NCCc1ccco1)NCc1ccnc(N2CCN(C)CC2)c1.I. The maximum Gasteiger partial charge on any atom is 0.191 e. The van der Waals surface area contributed by atoms with E-state index < -0.39 is 0 Å². The van der Waals surface area contributed by atoms with Gasteiger partial charge in [-0.15, -0.1) is 24.0 Å². The highest BCUT2D eigenvalue weighted by molar-refractivity contribution is 14.0. The summed E-state index contributed by atoms with van der Waals surface area (Å²) >= 11 is 0. The third kappa shape index (κ3) is 6.69. The predicted octanol–water partition coefficient (Wildman–Crippen LogP) is 1.95. The van der Waals surface area contributed by atoms with Crippen molar-refractivity contribution in [3.05, 3.63) is 48.0 Å². The van der Waals surface area contributed by atoms with Gasteiger partial charge in [-0.1, -0.05) is 0 Å². The van der Waals surface area contributed by atoms with Crippen LogP contribution in [0.2, 0.25) is 0 Å². The van der Waals surface area contributed by atoms with Crippen LogP contribution in [0, 0.1) is 0 Å². The summed E-state index contributed by atoms with van der Waals surface area (Å²) in [5, 5.41) is 6.66. The number of rotatable bonds is 6. The van der Waals surface area contributed by atoms with Crippen LogP contribution < -0.4 is 15.5 Å². The van der Waals surface area contributed by atoms with Crippen molar-refractivity contribution in [3.63, 3.8) is 0 Å². The van der Waals surface area contributed by atoms with E-state index in [4.69, 9.17) is 4.42 Å². The molecule has 8 heteroatoms. The maximum atomic E-state index is 5.34. The molecule has 7 nitrogen and oxygen atoms in total. The van der Waals surface area contributed by atoms with Gasteiger partial charge in [-0.25, -0.2) is 4.98 Å². The van der Waals surface area contributed by atoms with Gasteiger partial charge in [-0.2, -0.15) is 0 Å². The van der Waals surface area contributed by atoms with Crippen molar-refractivity contribution in [3.8, 4) is 0 Å². The Morgan fingerprint density at radius 2 is 2.04 bits per heavy atom. The van der Waals surface area contributed by atoms with Gasteiger partial charge in [0.2, 0.25) is 0 Å². The lowest BCUT2D eigenvalue weighted by Gasteiger charge is -2.33. The summed E-state index contributed by atoms with van der Waals surface area (Å²) in [6.45, 7) is 5.69. The fourth-order valence-corrected chi connectivity index (χ4v) is 2.94. The number of pyridine rings is 1. The molecule has 2 aromatic heterocycles. The standard InChI is InChI=1S/C19H28N6O.HI/c1-20-19(22-8-6-17-4-3-13-26-17)23-15-16-5-7-21-18(14-16)25-11-9-24(2)10-12-25;/h3-5,7,13-14H,6,8-12,15H2,1-2H3,(H2,20,22,23);1H. The molecule has 3 rings (SSSR count). The predicted molar refractivity (Wildman–Crippen MR) is 120 cm³/mol. The minimum Gasteiger partial charge on any atom is -0.469 e. The van der Waals surface area contributed by atoms with Crippen molar-refractivity contribution in [1.29, 1.82) is 0 Å². The lowest BCUT2D eigenvalue weighted by molar-refractivity contribution is 0.312. The molecule has 0 aromatic carbocycles. The number of nitrogens with one attached hydrogen (secondary N) is 2. The van der Waals surface area contributed by atoms with Gasteiger partial charge < -0.3 is 24.9 Å². The van der Waals surface area contributed by atoms with Gasteiger partial charge in [0, 0.05) is 58.9 Å². The van der Waals surface area contributed by atoms with E-state index in [1.165, 1.54) is 5.56 Å². The lowest BCUT2D eigenvalue weighted by atomic mass is 10.2. The highest BCUT2D eigenvalue weighted by atomic mass is 127. The van der Waals surface area contributed by atoms with Crippen LogP contribution in [0.15, 0.2) is 46.1 Å². The molecule has 2 N–H and O–H groups in total. The Bertz CT molecular complexity index is 698. The summed E-state index contributed by atoms with van der Waals surface area (Å²) in [5.41, 5.74) is 1.20. The summed E-state index contributed by atoms with van der Waals surface area (Å²) in [6.07, 6.45) is 4.41. The normalized spacial score (nSPS) is 15.3. The molecule has 148 valence electrons. The first-order valence-corrected chi connectivity index (χ1v) is 9.10. The third-order valence-corrected chi connectivity index (χ3v) is 4.56. The van der Waals surface area contributed by atoms with Crippen molar-refractivity contribution in [1.82, 2.24) is 20.5 Å². The molecule has 0 atom stereocenters. The van der Waals surface area contributed by atoms with Crippen LogP contribution in [0.25, 0.3) is 0 Å². The number of anilines is 1. The maximum absolute atomic E-state index is 5.34. The summed E-state index contributed by atoms with van der Waals surface area (Å²) in [4.78, 5) is 13.5. The molecule has 3 heterocycles. The van der Waals surface area contributed by atoms with Gasteiger partial charge >= 0.3 is 0 Å². The summed E-state index contributed by atoms with van der Waals surface area (Å²) in [6, 6.07) is 8.09. The van der Waals surface area contributed by atoms with Crippen LogP contribution >= 0.6 is 24.0 Å². The fraction of sp³-hybridized carbons (Fsp3) is 0.474. The van der Waals surface area contributed by atoms with Crippen LogP contribution in [-0.4, -0.2) is 62.7 Å². The van der Waals surface area contributed by atoms with Crippen molar-refractivity contribution in [2.45, 2.75) is 13.0 Å². The van der Waals surface area contributed by atoms with E-state index in [-0.39, 0.29) is 24.0 Å². The highest BCUT2D eigenvalue weighted by Gasteiger charge is 2.15. The summed E-state index contributed by atoms with van der Waals surface area (Å²) in [5.74, 6) is 2.81. The fourth-order valence-electron chi connectivity index (χ4n) is 2.94. The number of hydrogen-bond donors (Lipinski definition) is 2. The van der Waals surface area contributed by atoms with Gasteiger partial charge in [-0.3, -0.25) is 4.99 Å². The number of nitrogens with zero attached hydrogens (tertiary/aromatic N) is 4. The molecule has 0 bridgehead atoms. The molecule has 0 saturated carbocycles. The number of aromatic nitrogens is 1. The van der Waals surface area contributed by atoms with E-state index >= 15 is 0 Å². The Kier molecular flexibility index (Phi) is 8.86. The molecule has 1 fully saturated rings. The molecule has 0 amide bonds. The molecule has 1 aliphatic rings. The van der Waals surface area contributed by atoms with Crippen LogP contribution in [0.1, 0.15) is 11.3 Å². The lowest BCUT2D eigenvalue weighted by Crippen LogP contribution is -2.44. The van der Waals surface area contributed by atoms with Gasteiger partial charge in [0.25, 0.3) is 0 Å². The zero-order valence-electron chi connectivity index (χ0n) is 16.0. The molecule has 1 aliphatic heterocycles. The quantitative estimate of drug-likeness (QED) is 0.371. The van der Waals surface area contributed by atoms with Crippen molar-refractivity contribution < 1.29 is 4.42 Å². The largest absolute Gasteiger partial charge is 0.469 e. The number of guanidine groups is 1. The van der Waals surface area contributed by atoms with Crippen LogP contribution in [-0.2, 0) is 13.0 Å². The second-order valence-electron chi connectivity index (χ2n) is 6.49. The van der Waals surface area contributed by atoms with Gasteiger partial charge in [0.05, 0.1) is 6.26 Å². The average Bonchev–Trinajstić information content (AvgIpc) is 3.19. The molecule has 0 aliphatic carbocycles. The van der Waals surface area contributed by atoms with Gasteiger partial charge in [-0.05, 0) is 36.9 Å². The third-order valence-electron chi connectivity index (χ3n) is 4.56. The Balaban J connectivity index is 0.00000261. The van der Waals surface area contributed by atoms with E-state index in [1.54, 1.807) is 13.3 Å². The van der Waals surface area contributed by atoms with E-state index in [0.717, 1.165) is 56.7 Å². The van der Waals surface area contributed by atoms with Gasteiger partial charge in [0.15, 0.2) is 5.96 Å². The molecule has 0 radical (unpaired) electrons. The van der Waals surface area contributed by atoms with E-state index in [1.807, 2.05) is 24.4 Å². The molecule has 0 spiro atoms. The molecular weight excluding hydrogens is 455 g/mol. The van der Waals surface area contributed by atoms with Crippen molar-refractivity contribution in [2.75, 3.05) is 51.7 Å². The smallest absolute Gasteiger partial charge is 0.191 e. The Morgan fingerprint density at radius 3 is 2.74 bits per heavy atom. The molecule has 2 aromatic rings. The first-order chi connectivity index (χ1) is 12.7. The average molecular weight is 484 g/mol. The first kappa shape index (κ1) is 21.5. The zero-order chi connectivity index (χ0) is 18.2. The monoisotopic (exact) mass is 484 g/mol. The van der Waals surface area contributed by atoms with Crippen LogP contribution in [0.4, 0.5) is 5.82 Å². The number of furan rings is 1. The van der Waals surface area contributed by atoms with Crippen molar-refractivity contribution in [2.24, 2.45) is 4.99 Å². The topological polar surface area (TPSA) is 68.9 Å². The van der Waals surface area contributed by atoms with Crippen LogP contribution in [0.3, 0.4) is 0 Å². The van der Waals surface area contributed by atoms with E-state index in [2.05, 4.69) is 43.5 Å². The second-order valence-corrected chi connectivity index (χ2v) is 6.49. The van der Waals surface area contributed by atoms with E-state index in [0.29, 0.717) is 6.54 Å². The van der Waals surface area contributed by atoms with Crippen LogP contribution in [0.5, 0.6) is 0 Å². The van der Waals surface area contributed by atoms with Gasteiger partial charge in [0.1, 0.15) is 11.6 Å². The summed E-state index contributed by atoms with van der Waals surface area (Å²) < 4.78 is 5.34. The van der Waals surface area contributed by atoms with E-state index in [9.17, 15) is 0 Å². The molecule has 0 unspecified atom stereocenters. The number of piperazine rings is 1. The molecular formula is C19H29IN6O. The number of hydrogen-bond acceptors (Lipinski definition) is 5. The Labute approximate surface area is 178 Å². The summed E-state index contributed by atoms with van der Waals surface area (Å²) in [7, 11) is 3.94. The first-order valence-electron chi connectivity index (χ1n) is 9.10. The number of halogens is 1. The minimum atomic E-state index is 0. The zero-order valence-corrected chi connectivity index (χ0v) is 18.3. The Morgan fingerprint density at radius 1 is 1.22 bits per heavy atom. The van der Waals surface area contributed by atoms with Crippen molar-refractivity contribution >= 4 is 35.8 Å².